The molecule has 3 atom stereocenters. The molecule has 0 spiro atoms. The zero-order valence-corrected chi connectivity index (χ0v) is 16.7. The summed E-state index contributed by atoms with van der Waals surface area (Å²) in [5.41, 5.74) is 3.28. The van der Waals surface area contributed by atoms with E-state index in [0.29, 0.717) is 34.2 Å². The number of hydrogen-bond donors (Lipinski definition) is 0. The predicted molar refractivity (Wildman–Crippen MR) is 107 cm³/mol. The van der Waals surface area contributed by atoms with Crippen molar-refractivity contribution in [2.24, 2.45) is 11.8 Å². The van der Waals surface area contributed by atoms with Crippen LogP contribution in [0.15, 0.2) is 42.5 Å². The van der Waals surface area contributed by atoms with Gasteiger partial charge in [0.25, 0.3) is 5.91 Å². The summed E-state index contributed by atoms with van der Waals surface area (Å²) in [7, 11) is 3.77. The number of halogens is 1. The van der Waals surface area contributed by atoms with E-state index in [2.05, 4.69) is 43.1 Å². The number of nitrogens with zero attached hydrogens (tertiary/aromatic N) is 2. The van der Waals surface area contributed by atoms with Crippen molar-refractivity contribution in [1.29, 1.82) is 0 Å². The lowest BCUT2D eigenvalue weighted by molar-refractivity contribution is 0.0764. The molecule has 0 bridgehead atoms. The van der Waals surface area contributed by atoms with Crippen molar-refractivity contribution >= 4 is 17.5 Å². The molecule has 2 fully saturated rings. The van der Waals surface area contributed by atoms with Crippen molar-refractivity contribution in [1.82, 2.24) is 9.80 Å². The minimum absolute atomic E-state index is 0.0316. The molecule has 0 radical (unpaired) electrons. The fraction of sp³-hybridized carbons (Fsp3) is 0.409. The van der Waals surface area contributed by atoms with E-state index in [1.165, 1.54) is 11.1 Å². The number of carbonyl (C=O) groups is 1. The molecular formula is C22H25ClN2O2. The highest BCUT2D eigenvalue weighted by atomic mass is 35.5. The second kappa shape index (κ2) is 7.17. The van der Waals surface area contributed by atoms with E-state index >= 15 is 0 Å². The third kappa shape index (κ3) is 3.21. The van der Waals surface area contributed by atoms with Gasteiger partial charge in [-0.15, -0.1) is 0 Å². The first kappa shape index (κ1) is 18.3. The predicted octanol–water partition coefficient (Wildman–Crippen LogP) is 4.03. The minimum atomic E-state index is 0.0316. The molecule has 27 heavy (non-hydrogen) atoms. The van der Waals surface area contributed by atoms with Crippen LogP contribution in [0.3, 0.4) is 0 Å². The van der Waals surface area contributed by atoms with Gasteiger partial charge >= 0.3 is 0 Å². The summed E-state index contributed by atoms with van der Waals surface area (Å²) < 4.78 is 5.38. The standard InChI is InChI=1S/C22H25ClN2O2/c1-14-6-4-5-7-17(14)21-19-13-25(12-15(19)11-24(21)2)22(26)18-9-8-16(23)10-20(18)27-3/h4-10,15,19,21H,11-13H2,1-3H3/t15-,19+,21-/m0/s1. The first-order valence-corrected chi connectivity index (χ1v) is 9.76. The van der Waals surface area contributed by atoms with Crippen molar-refractivity contribution in [2.75, 3.05) is 33.8 Å². The molecule has 1 amide bonds. The molecule has 0 aromatic heterocycles. The van der Waals surface area contributed by atoms with Gasteiger partial charge < -0.3 is 9.64 Å². The van der Waals surface area contributed by atoms with Crippen LogP contribution in [0.1, 0.15) is 27.5 Å². The van der Waals surface area contributed by atoms with Crippen molar-refractivity contribution in [3.8, 4) is 5.75 Å². The molecule has 2 aromatic rings. The fourth-order valence-electron chi connectivity index (χ4n) is 4.82. The van der Waals surface area contributed by atoms with Gasteiger partial charge in [-0.2, -0.15) is 0 Å². The molecule has 5 heteroatoms. The number of rotatable bonds is 3. The lowest BCUT2D eigenvalue weighted by atomic mass is 9.88. The van der Waals surface area contributed by atoms with Crippen LogP contribution in [-0.2, 0) is 0 Å². The van der Waals surface area contributed by atoms with Gasteiger partial charge in [-0.1, -0.05) is 35.9 Å². The Bertz CT molecular complexity index is 869. The van der Waals surface area contributed by atoms with Crippen LogP contribution in [0.4, 0.5) is 0 Å². The molecule has 0 aliphatic carbocycles. The summed E-state index contributed by atoms with van der Waals surface area (Å²) in [6.07, 6.45) is 0. The average Bonchev–Trinajstić information content (AvgIpc) is 3.18. The molecule has 2 heterocycles. The number of aryl methyl sites for hydroxylation is 1. The second-order valence-electron chi connectivity index (χ2n) is 7.72. The maximum absolute atomic E-state index is 13.1. The molecule has 142 valence electrons. The van der Waals surface area contributed by atoms with Gasteiger partial charge in [-0.05, 0) is 49.2 Å². The van der Waals surface area contributed by atoms with Crippen molar-refractivity contribution in [3.05, 3.63) is 64.2 Å². The Hall–Kier alpha value is -2.04. The molecule has 0 N–H and O–H groups in total. The van der Waals surface area contributed by atoms with Gasteiger partial charge in [0.15, 0.2) is 0 Å². The highest BCUT2D eigenvalue weighted by Gasteiger charge is 2.47. The summed E-state index contributed by atoms with van der Waals surface area (Å²) in [6, 6.07) is 14.2. The van der Waals surface area contributed by atoms with Gasteiger partial charge in [0.05, 0.1) is 12.7 Å². The van der Waals surface area contributed by atoms with E-state index in [1.807, 2.05) is 4.90 Å². The van der Waals surface area contributed by atoms with E-state index in [4.69, 9.17) is 16.3 Å². The summed E-state index contributed by atoms with van der Waals surface area (Å²) in [5.74, 6) is 1.53. The highest BCUT2D eigenvalue weighted by molar-refractivity contribution is 6.30. The fourth-order valence-corrected chi connectivity index (χ4v) is 4.98. The van der Waals surface area contributed by atoms with Gasteiger partial charge in [0.1, 0.15) is 5.75 Å². The van der Waals surface area contributed by atoms with Crippen LogP contribution in [0.25, 0.3) is 0 Å². The smallest absolute Gasteiger partial charge is 0.257 e. The number of ether oxygens (including phenoxy) is 1. The van der Waals surface area contributed by atoms with Gasteiger partial charge in [0.2, 0.25) is 0 Å². The van der Waals surface area contributed by atoms with Crippen LogP contribution in [0.2, 0.25) is 5.02 Å². The monoisotopic (exact) mass is 384 g/mol. The van der Waals surface area contributed by atoms with Crippen molar-refractivity contribution in [2.45, 2.75) is 13.0 Å². The third-order valence-electron chi connectivity index (χ3n) is 6.08. The lowest BCUT2D eigenvalue weighted by Gasteiger charge is -2.28. The van der Waals surface area contributed by atoms with Gasteiger partial charge in [-0.3, -0.25) is 9.69 Å². The molecule has 4 rings (SSSR count). The first-order valence-electron chi connectivity index (χ1n) is 9.38. The Morgan fingerprint density at radius 2 is 1.93 bits per heavy atom. The second-order valence-corrected chi connectivity index (χ2v) is 8.16. The highest BCUT2D eigenvalue weighted by Crippen LogP contribution is 2.45. The summed E-state index contributed by atoms with van der Waals surface area (Å²) in [6.45, 7) is 4.76. The number of amides is 1. The van der Waals surface area contributed by atoms with Crippen LogP contribution in [-0.4, -0.2) is 49.5 Å². The molecule has 2 saturated heterocycles. The molecule has 2 aromatic carbocycles. The SMILES string of the molecule is COc1cc(Cl)ccc1C(=O)N1C[C@@H]2CN(C)[C@@H](c3ccccc3C)[C@@H]2C1. The van der Waals surface area contributed by atoms with E-state index in [9.17, 15) is 4.79 Å². The Balaban J connectivity index is 1.58. The molecule has 2 aliphatic heterocycles. The maximum Gasteiger partial charge on any atom is 0.257 e. The van der Waals surface area contributed by atoms with E-state index < -0.39 is 0 Å². The third-order valence-corrected chi connectivity index (χ3v) is 6.32. The maximum atomic E-state index is 13.1. The Labute approximate surface area is 165 Å². The lowest BCUT2D eigenvalue weighted by Crippen LogP contribution is -2.33. The summed E-state index contributed by atoms with van der Waals surface area (Å²) >= 11 is 6.05. The minimum Gasteiger partial charge on any atom is -0.496 e. The topological polar surface area (TPSA) is 32.8 Å². The van der Waals surface area contributed by atoms with Crippen LogP contribution in [0.5, 0.6) is 5.75 Å². The molecule has 4 nitrogen and oxygen atoms in total. The summed E-state index contributed by atoms with van der Waals surface area (Å²) in [5, 5.41) is 0.572. The Morgan fingerprint density at radius 1 is 1.15 bits per heavy atom. The van der Waals surface area contributed by atoms with Crippen molar-refractivity contribution < 1.29 is 9.53 Å². The zero-order chi connectivity index (χ0) is 19.1. The largest absolute Gasteiger partial charge is 0.496 e. The summed E-state index contributed by atoms with van der Waals surface area (Å²) in [4.78, 5) is 17.6. The van der Waals surface area contributed by atoms with E-state index in [0.717, 1.165) is 19.6 Å². The zero-order valence-electron chi connectivity index (χ0n) is 16.0. The van der Waals surface area contributed by atoms with Gasteiger partial charge in [-0.25, -0.2) is 0 Å². The Morgan fingerprint density at radius 3 is 2.67 bits per heavy atom. The van der Waals surface area contributed by atoms with Crippen LogP contribution >= 0.6 is 11.6 Å². The number of methoxy groups -OCH3 is 1. The molecular weight excluding hydrogens is 360 g/mol. The molecule has 2 aliphatic rings. The number of carbonyl (C=O) groups excluding carboxylic acids is 1. The molecule has 0 saturated carbocycles. The van der Waals surface area contributed by atoms with E-state index in [-0.39, 0.29) is 5.91 Å². The van der Waals surface area contributed by atoms with Crippen LogP contribution in [0, 0.1) is 18.8 Å². The number of fused-ring (bicyclic) bond motifs is 1. The quantitative estimate of drug-likeness (QED) is 0.800. The first-order chi connectivity index (χ1) is 13.0. The van der Waals surface area contributed by atoms with Crippen LogP contribution < -0.4 is 4.74 Å². The average molecular weight is 385 g/mol. The number of benzene rings is 2. The normalized spacial score (nSPS) is 24.9. The number of hydrogen-bond acceptors (Lipinski definition) is 3. The van der Waals surface area contributed by atoms with E-state index in [1.54, 1.807) is 25.3 Å². The number of likely N-dealkylation sites (tertiary alicyclic amines) is 2. The Kier molecular flexibility index (Phi) is 4.87. The van der Waals surface area contributed by atoms with Crippen molar-refractivity contribution in [3.63, 3.8) is 0 Å². The van der Waals surface area contributed by atoms with Gasteiger partial charge in [0, 0.05) is 36.6 Å². The molecule has 0 unspecified atom stereocenters.